The van der Waals surface area contributed by atoms with E-state index in [1.807, 2.05) is 36.6 Å². The third-order valence-corrected chi connectivity index (χ3v) is 5.44. The molecule has 1 aliphatic rings. The summed E-state index contributed by atoms with van der Waals surface area (Å²) in [6.07, 6.45) is 0. The van der Waals surface area contributed by atoms with E-state index in [1.54, 1.807) is 23.5 Å². The molecule has 4 rings (SSSR count). The van der Waals surface area contributed by atoms with Crippen molar-refractivity contribution in [1.82, 2.24) is 9.88 Å². The highest BCUT2D eigenvalue weighted by molar-refractivity contribution is 7.13. The van der Waals surface area contributed by atoms with E-state index < -0.39 is 0 Å². The summed E-state index contributed by atoms with van der Waals surface area (Å²) in [5.41, 5.74) is 2.19. The average molecular weight is 355 g/mol. The van der Waals surface area contributed by atoms with Gasteiger partial charge in [0, 0.05) is 38.4 Å². The molecule has 2 aromatic heterocycles. The Morgan fingerprint density at radius 3 is 2.56 bits per heavy atom. The first kappa shape index (κ1) is 16.2. The van der Waals surface area contributed by atoms with Crippen LogP contribution in [0, 0.1) is 6.92 Å². The minimum Gasteiger partial charge on any atom is -0.508 e. The molecule has 0 atom stereocenters. The van der Waals surface area contributed by atoms with Crippen LogP contribution in [0.25, 0.3) is 10.8 Å². The highest BCUT2D eigenvalue weighted by Crippen LogP contribution is 2.27. The van der Waals surface area contributed by atoms with Gasteiger partial charge in [0.2, 0.25) is 5.89 Å². The second-order valence-electron chi connectivity index (χ2n) is 6.28. The van der Waals surface area contributed by atoms with E-state index in [4.69, 9.17) is 9.40 Å². The number of benzene rings is 1. The molecule has 0 amide bonds. The summed E-state index contributed by atoms with van der Waals surface area (Å²) in [5.74, 6) is 1.94. The van der Waals surface area contributed by atoms with Crippen LogP contribution >= 0.6 is 11.3 Å². The zero-order valence-corrected chi connectivity index (χ0v) is 15.0. The number of aromatic nitrogens is 1. The highest BCUT2D eigenvalue weighted by atomic mass is 32.1. The lowest BCUT2D eigenvalue weighted by molar-refractivity contribution is 0.246. The zero-order valence-electron chi connectivity index (χ0n) is 14.2. The molecule has 130 valence electrons. The van der Waals surface area contributed by atoms with Crippen molar-refractivity contribution in [2.75, 3.05) is 31.1 Å². The van der Waals surface area contributed by atoms with Gasteiger partial charge in [0.05, 0.1) is 10.6 Å². The van der Waals surface area contributed by atoms with E-state index in [0.717, 1.165) is 60.6 Å². The van der Waals surface area contributed by atoms with Crippen LogP contribution in [0.3, 0.4) is 0 Å². The van der Waals surface area contributed by atoms with Crippen LogP contribution in [0.2, 0.25) is 0 Å². The predicted octanol–water partition coefficient (Wildman–Crippen LogP) is 3.74. The van der Waals surface area contributed by atoms with Gasteiger partial charge < -0.3 is 14.4 Å². The van der Waals surface area contributed by atoms with Gasteiger partial charge in [-0.2, -0.15) is 0 Å². The van der Waals surface area contributed by atoms with Gasteiger partial charge in [0.25, 0.3) is 0 Å². The fourth-order valence-electron chi connectivity index (χ4n) is 3.12. The maximum absolute atomic E-state index is 9.42. The number of phenolic OH excluding ortho intramolecular Hbond substituents is 1. The maximum atomic E-state index is 9.42. The Bertz CT molecular complexity index is 819. The first-order valence-electron chi connectivity index (χ1n) is 8.45. The summed E-state index contributed by atoms with van der Waals surface area (Å²) in [6.45, 7) is 6.73. The van der Waals surface area contributed by atoms with E-state index in [-0.39, 0.29) is 0 Å². The normalized spacial score (nSPS) is 15.6. The Balaban J connectivity index is 1.38. The monoisotopic (exact) mass is 355 g/mol. The van der Waals surface area contributed by atoms with Gasteiger partial charge in [-0.15, -0.1) is 11.3 Å². The number of thiophene rings is 1. The van der Waals surface area contributed by atoms with Crippen LogP contribution in [-0.2, 0) is 6.54 Å². The van der Waals surface area contributed by atoms with Gasteiger partial charge in [-0.3, -0.25) is 4.90 Å². The molecule has 25 heavy (non-hydrogen) atoms. The van der Waals surface area contributed by atoms with Crippen LogP contribution in [-0.4, -0.2) is 41.2 Å². The number of hydrogen-bond acceptors (Lipinski definition) is 6. The standard InChI is InChI=1S/C19H21N3O2S/c1-14-17(20-19(24-14)18-3-2-12-25-18)13-21-8-10-22(11-9-21)15-4-6-16(23)7-5-15/h2-7,12,23H,8-11,13H2,1H3. The molecular weight excluding hydrogens is 334 g/mol. The van der Waals surface area contributed by atoms with Gasteiger partial charge in [-0.25, -0.2) is 4.98 Å². The van der Waals surface area contributed by atoms with E-state index in [9.17, 15) is 5.11 Å². The van der Waals surface area contributed by atoms with Crippen LogP contribution < -0.4 is 4.90 Å². The number of hydrogen-bond donors (Lipinski definition) is 1. The molecule has 1 aliphatic heterocycles. The molecule has 0 unspecified atom stereocenters. The summed E-state index contributed by atoms with van der Waals surface area (Å²) >= 11 is 1.65. The van der Waals surface area contributed by atoms with Crippen LogP contribution in [0.15, 0.2) is 46.2 Å². The SMILES string of the molecule is Cc1oc(-c2cccs2)nc1CN1CCN(c2ccc(O)cc2)CC1. The molecule has 5 nitrogen and oxygen atoms in total. The number of nitrogens with zero attached hydrogens (tertiary/aromatic N) is 3. The van der Waals surface area contributed by atoms with Crippen molar-refractivity contribution in [3.05, 3.63) is 53.2 Å². The smallest absolute Gasteiger partial charge is 0.236 e. The maximum Gasteiger partial charge on any atom is 0.236 e. The van der Waals surface area contributed by atoms with Gasteiger partial charge in [0.1, 0.15) is 11.5 Å². The van der Waals surface area contributed by atoms with Crippen molar-refractivity contribution in [3.8, 4) is 16.5 Å². The second kappa shape index (κ2) is 6.90. The van der Waals surface area contributed by atoms with Gasteiger partial charge in [-0.05, 0) is 42.6 Å². The lowest BCUT2D eigenvalue weighted by Crippen LogP contribution is -2.46. The van der Waals surface area contributed by atoms with Crippen molar-refractivity contribution >= 4 is 17.0 Å². The molecule has 0 spiro atoms. The first-order chi connectivity index (χ1) is 12.2. The van der Waals surface area contributed by atoms with E-state index >= 15 is 0 Å². The number of piperazine rings is 1. The molecule has 0 saturated carbocycles. The average Bonchev–Trinajstić information content (AvgIpc) is 3.27. The lowest BCUT2D eigenvalue weighted by Gasteiger charge is -2.35. The third-order valence-electron chi connectivity index (χ3n) is 4.59. The second-order valence-corrected chi connectivity index (χ2v) is 7.23. The van der Waals surface area contributed by atoms with Crippen molar-refractivity contribution in [2.45, 2.75) is 13.5 Å². The quantitative estimate of drug-likeness (QED) is 0.773. The Labute approximate surface area is 151 Å². The minimum atomic E-state index is 0.311. The molecule has 6 heteroatoms. The summed E-state index contributed by atoms with van der Waals surface area (Å²) in [6, 6.07) is 11.5. The molecule has 1 saturated heterocycles. The molecule has 0 radical (unpaired) electrons. The number of anilines is 1. The third kappa shape index (κ3) is 3.55. The minimum absolute atomic E-state index is 0.311. The summed E-state index contributed by atoms with van der Waals surface area (Å²) in [5, 5.41) is 11.5. The van der Waals surface area contributed by atoms with Crippen molar-refractivity contribution in [3.63, 3.8) is 0 Å². The summed E-state index contributed by atoms with van der Waals surface area (Å²) in [4.78, 5) is 10.5. The fraction of sp³-hybridized carbons (Fsp3) is 0.316. The van der Waals surface area contributed by atoms with E-state index in [2.05, 4.69) is 9.80 Å². The van der Waals surface area contributed by atoms with Crippen LogP contribution in [0.5, 0.6) is 5.75 Å². The van der Waals surface area contributed by atoms with Crippen molar-refractivity contribution in [1.29, 1.82) is 0 Å². The van der Waals surface area contributed by atoms with Gasteiger partial charge in [0.15, 0.2) is 0 Å². The summed E-state index contributed by atoms with van der Waals surface area (Å²) < 4.78 is 5.84. The van der Waals surface area contributed by atoms with Crippen molar-refractivity contribution < 1.29 is 9.52 Å². The molecule has 3 aromatic rings. The molecule has 1 fully saturated rings. The molecule has 1 aromatic carbocycles. The van der Waals surface area contributed by atoms with Gasteiger partial charge in [-0.1, -0.05) is 6.07 Å². The Morgan fingerprint density at radius 1 is 1.12 bits per heavy atom. The molecule has 3 heterocycles. The van der Waals surface area contributed by atoms with Crippen LogP contribution in [0.1, 0.15) is 11.5 Å². The Kier molecular flexibility index (Phi) is 4.46. The predicted molar refractivity (Wildman–Crippen MR) is 100 cm³/mol. The topological polar surface area (TPSA) is 52.7 Å². The summed E-state index contributed by atoms with van der Waals surface area (Å²) in [7, 11) is 0. The van der Waals surface area contributed by atoms with Gasteiger partial charge >= 0.3 is 0 Å². The fourth-order valence-corrected chi connectivity index (χ4v) is 3.77. The molecule has 0 aliphatic carbocycles. The lowest BCUT2D eigenvalue weighted by atomic mass is 10.2. The first-order valence-corrected chi connectivity index (χ1v) is 9.33. The number of oxazole rings is 1. The number of rotatable bonds is 4. The highest BCUT2D eigenvalue weighted by Gasteiger charge is 2.20. The number of phenols is 1. The molecular formula is C19H21N3O2S. The van der Waals surface area contributed by atoms with E-state index in [1.165, 1.54) is 0 Å². The Morgan fingerprint density at radius 2 is 1.88 bits per heavy atom. The molecule has 0 bridgehead atoms. The number of aryl methyl sites for hydroxylation is 1. The van der Waals surface area contributed by atoms with Crippen molar-refractivity contribution in [2.24, 2.45) is 0 Å². The molecule has 1 N–H and O–H groups in total. The van der Waals surface area contributed by atoms with E-state index in [0.29, 0.717) is 5.75 Å². The zero-order chi connectivity index (χ0) is 17.2. The largest absolute Gasteiger partial charge is 0.508 e. The van der Waals surface area contributed by atoms with Crippen LogP contribution in [0.4, 0.5) is 5.69 Å². The number of aromatic hydroxyl groups is 1. The Hall–Kier alpha value is -2.31.